The van der Waals surface area contributed by atoms with Crippen LogP contribution in [-0.2, 0) is 4.79 Å². The van der Waals surface area contributed by atoms with Gasteiger partial charge in [-0.2, -0.15) is 0 Å². The first-order valence-electron chi connectivity index (χ1n) is 11.0. The molecule has 0 spiro atoms. The highest BCUT2D eigenvalue weighted by Gasteiger charge is 2.20. The van der Waals surface area contributed by atoms with Gasteiger partial charge in [-0.15, -0.1) is 0 Å². The fourth-order valence-electron chi connectivity index (χ4n) is 3.53. The average Bonchev–Trinajstić information content (AvgIpc) is 3.20. The van der Waals surface area contributed by atoms with Crippen molar-refractivity contribution in [2.45, 2.75) is 72.1 Å². The fraction of sp³-hybridized carbons (Fsp3) is 0.652. The highest BCUT2D eigenvalue weighted by atomic mass is 16.2. The number of nitrogens with one attached hydrogen (secondary N) is 2. The molecular formula is C23H37N3O2. The summed E-state index contributed by atoms with van der Waals surface area (Å²) in [4.78, 5) is 27.3. The lowest BCUT2D eigenvalue weighted by Crippen LogP contribution is -2.30. The van der Waals surface area contributed by atoms with E-state index in [0.29, 0.717) is 30.1 Å². The Bertz CT molecular complexity index is 637. The van der Waals surface area contributed by atoms with Crippen LogP contribution in [0.15, 0.2) is 18.2 Å². The molecule has 2 rings (SSSR count). The summed E-state index contributed by atoms with van der Waals surface area (Å²) in [5.74, 6) is 0.361. The van der Waals surface area contributed by atoms with E-state index in [0.717, 1.165) is 44.5 Å². The summed E-state index contributed by atoms with van der Waals surface area (Å²) >= 11 is 0. The number of benzene rings is 1. The molecule has 5 nitrogen and oxygen atoms in total. The number of unbranched alkanes of at least 4 members (excludes halogenated alkanes) is 4. The zero-order valence-corrected chi connectivity index (χ0v) is 17.9. The molecule has 0 bridgehead atoms. The Morgan fingerprint density at radius 1 is 1.07 bits per heavy atom. The molecule has 1 aliphatic rings. The van der Waals surface area contributed by atoms with E-state index >= 15 is 0 Å². The van der Waals surface area contributed by atoms with E-state index in [9.17, 15) is 9.59 Å². The van der Waals surface area contributed by atoms with Gasteiger partial charge >= 0.3 is 0 Å². The molecule has 1 aliphatic heterocycles. The van der Waals surface area contributed by atoms with Gasteiger partial charge in [0.2, 0.25) is 5.91 Å². The average molecular weight is 388 g/mol. The van der Waals surface area contributed by atoms with Crippen LogP contribution in [0.25, 0.3) is 0 Å². The van der Waals surface area contributed by atoms with Gasteiger partial charge in [0.1, 0.15) is 0 Å². The maximum absolute atomic E-state index is 12.8. The van der Waals surface area contributed by atoms with Crippen LogP contribution in [0.2, 0.25) is 0 Å². The van der Waals surface area contributed by atoms with Crippen LogP contribution >= 0.6 is 0 Å². The third-order valence-electron chi connectivity index (χ3n) is 5.15. The van der Waals surface area contributed by atoms with Crippen molar-refractivity contribution in [3.63, 3.8) is 0 Å². The Morgan fingerprint density at radius 2 is 1.79 bits per heavy atom. The largest absolute Gasteiger partial charge is 0.371 e. The Morgan fingerprint density at radius 3 is 2.46 bits per heavy atom. The normalized spacial score (nSPS) is 13.8. The minimum absolute atomic E-state index is 0.0268. The number of rotatable bonds is 11. The molecule has 5 heteroatoms. The van der Waals surface area contributed by atoms with Gasteiger partial charge in [-0.05, 0) is 43.4 Å². The second-order valence-corrected chi connectivity index (χ2v) is 8.24. The van der Waals surface area contributed by atoms with Crippen LogP contribution in [0.3, 0.4) is 0 Å². The Kier molecular flexibility index (Phi) is 9.32. The van der Waals surface area contributed by atoms with E-state index in [-0.39, 0.29) is 11.8 Å². The lowest BCUT2D eigenvalue weighted by Gasteiger charge is -2.22. The number of hydrogen-bond donors (Lipinski definition) is 2. The third kappa shape index (κ3) is 7.17. The van der Waals surface area contributed by atoms with Crippen LogP contribution in [0.5, 0.6) is 0 Å². The molecule has 1 saturated heterocycles. The van der Waals surface area contributed by atoms with E-state index in [1.165, 1.54) is 19.3 Å². The summed E-state index contributed by atoms with van der Waals surface area (Å²) in [6.07, 6.45) is 8.48. The molecule has 0 aliphatic carbocycles. The Hall–Kier alpha value is -2.04. The van der Waals surface area contributed by atoms with Gasteiger partial charge in [0.15, 0.2) is 0 Å². The summed E-state index contributed by atoms with van der Waals surface area (Å²) < 4.78 is 0. The minimum Gasteiger partial charge on any atom is -0.371 e. The van der Waals surface area contributed by atoms with E-state index in [1.54, 1.807) is 0 Å². The van der Waals surface area contributed by atoms with E-state index in [4.69, 9.17) is 0 Å². The van der Waals surface area contributed by atoms with Crippen molar-refractivity contribution in [1.29, 1.82) is 0 Å². The molecule has 1 heterocycles. The molecule has 0 saturated carbocycles. The molecule has 1 aromatic rings. The van der Waals surface area contributed by atoms with Gasteiger partial charge < -0.3 is 15.5 Å². The van der Waals surface area contributed by atoms with Gasteiger partial charge in [-0.3, -0.25) is 9.59 Å². The highest BCUT2D eigenvalue weighted by molar-refractivity contribution is 6.02. The summed E-state index contributed by atoms with van der Waals surface area (Å²) in [5, 5.41) is 5.99. The molecule has 0 aromatic heterocycles. The Balaban J connectivity index is 2.03. The summed E-state index contributed by atoms with van der Waals surface area (Å²) in [7, 11) is 0. The van der Waals surface area contributed by atoms with Crippen molar-refractivity contribution in [3.8, 4) is 0 Å². The molecule has 0 atom stereocenters. The van der Waals surface area contributed by atoms with Gasteiger partial charge in [-0.1, -0.05) is 46.5 Å². The number of anilines is 2. The maximum Gasteiger partial charge on any atom is 0.253 e. The second-order valence-electron chi connectivity index (χ2n) is 8.24. The summed E-state index contributed by atoms with van der Waals surface area (Å²) in [5.41, 5.74) is 2.33. The predicted molar refractivity (Wildman–Crippen MR) is 117 cm³/mol. The lowest BCUT2D eigenvalue weighted by molar-refractivity contribution is -0.116. The van der Waals surface area contributed by atoms with Crippen molar-refractivity contribution in [2.24, 2.45) is 5.92 Å². The number of nitrogens with zero attached hydrogens (tertiary/aromatic N) is 1. The summed E-state index contributed by atoms with van der Waals surface area (Å²) in [6, 6.07) is 5.73. The van der Waals surface area contributed by atoms with Gasteiger partial charge in [0, 0.05) is 37.4 Å². The number of carbonyl (C=O) groups is 2. The lowest BCUT2D eigenvalue weighted by atomic mass is 10.1. The molecule has 1 aromatic carbocycles. The topological polar surface area (TPSA) is 61.4 Å². The van der Waals surface area contributed by atoms with E-state index in [2.05, 4.69) is 36.3 Å². The molecule has 156 valence electrons. The van der Waals surface area contributed by atoms with E-state index in [1.807, 2.05) is 18.2 Å². The van der Waals surface area contributed by atoms with Gasteiger partial charge in [0.05, 0.1) is 5.56 Å². The van der Waals surface area contributed by atoms with Crippen molar-refractivity contribution in [2.75, 3.05) is 29.9 Å². The smallest absolute Gasteiger partial charge is 0.253 e. The monoisotopic (exact) mass is 387 g/mol. The van der Waals surface area contributed by atoms with Gasteiger partial charge in [-0.25, -0.2) is 0 Å². The first kappa shape index (κ1) is 22.3. The van der Waals surface area contributed by atoms with Crippen LogP contribution in [0.1, 0.15) is 82.5 Å². The minimum atomic E-state index is -0.0636. The first-order valence-corrected chi connectivity index (χ1v) is 11.0. The van der Waals surface area contributed by atoms with Crippen LogP contribution in [0, 0.1) is 5.92 Å². The molecule has 2 amide bonds. The van der Waals surface area contributed by atoms with Crippen molar-refractivity contribution in [1.82, 2.24) is 5.32 Å². The standard InChI is InChI=1S/C23H37N3O2/c1-4-5-6-7-8-11-22(27)25-19-12-13-21(26-14-9-10-15-26)20(16-19)23(28)24-17-18(2)3/h12-13,16,18H,4-11,14-15,17H2,1-3H3,(H,24,28)(H,25,27). The van der Waals surface area contributed by atoms with Gasteiger partial charge in [0.25, 0.3) is 5.91 Å². The molecule has 2 N–H and O–H groups in total. The van der Waals surface area contributed by atoms with Crippen LogP contribution in [0.4, 0.5) is 11.4 Å². The molecular weight excluding hydrogens is 350 g/mol. The van der Waals surface area contributed by atoms with E-state index < -0.39 is 0 Å². The van der Waals surface area contributed by atoms with Crippen molar-refractivity contribution < 1.29 is 9.59 Å². The molecule has 0 radical (unpaired) electrons. The molecule has 28 heavy (non-hydrogen) atoms. The molecule has 1 fully saturated rings. The van der Waals surface area contributed by atoms with Crippen LogP contribution in [-0.4, -0.2) is 31.4 Å². The quantitative estimate of drug-likeness (QED) is 0.527. The third-order valence-corrected chi connectivity index (χ3v) is 5.15. The number of carbonyl (C=O) groups excluding carboxylic acids is 2. The fourth-order valence-corrected chi connectivity index (χ4v) is 3.53. The first-order chi connectivity index (χ1) is 13.5. The zero-order valence-electron chi connectivity index (χ0n) is 17.9. The van der Waals surface area contributed by atoms with Crippen molar-refractivity contribution in [3.05, 3.63) is 23.8 Å². The SMILES string of the molecule is CCCCCCCC(=O)Nc1ccc(N2CCCC2)c(C(=O)NCC(C)C)c1. The van der Waals surface area contributed by atoms with Crippen LogP contribution < -0.4 is 15.5 Å². The van der Waals surface area contributed by atoms with Crippen molar-refractivity contribution >= 4 is 23.2 Å². The summed E-state index contributed by atoms with van der Waals surface area (Å²) in [6.45, 7) is 8.96. The zero-order chi connectivity index (χ0) is 20.4. The highest BCUT2D eigenvalue weighted by Crippen LogP contribution is 2.27. The Labute approximate surface area is 170 Å². The predicted octanol–water partition coefficient (Wildman–Crippen LogP) is 4.97. The number of hydrogen-bond acceptors (Lipinski definition) is 3. The maximum atomic E-state index is 12.8. The molecule has 0 unspecified atom stereocenters. The second kappa shape index (κ2) is 11.7. The number of amides is 2.